The summed E-state index contributed by atoms with van der Waals surface area (Å²) in [5, 5.41) is 2.84. The first kappa shape index (κ1) is 13.1. The molecule has 2 nitrogen and oxygen atoms in total. The Morgan fingerprint density at radius 2 is 1.94 bits per heavy atom. The molecule has 5 heteroatoms. The van der Waals surface area contributed by atoms with E-state index in [0.29, 0.717) is 6.42 Å². The monoisotopic (exact) mass is 268 g/mol. The summed E-state index contributed by atoms with van der Waals surface area (Å²) >= 11 is 1.52. The summed E-state index contributed by atoms with van der Waals surface area (Å²) in [6, 6.07) is 3.52. The molecular formula is C13H14F2N2S. The quantitative estimate of drug-likeness (QED) is 0.926. The number of nitrogens with zero attached hydrogens (tertiary/aromatic N) is 1. The molecule has 0 saturated carbocycles. The second-order valence-electron chi connectivity index (χ2n) is 4.25. The van der Waals surface area contributed by atoms with Crippen molar-refractivity contribution in [2.75, 3.05) is 0 Å². The summed E-state index contributed by atoms with van der Waals surface area (Å²) in [6.07, 6.45) is 0.712. The molecular weight excluding hydrogens is 254 g/mol. The third-order valence-corrected chi connectivity index (χ3v) is 3.62. The highest BCUT2D eigenvalue weighted by Gasteiger charge is 2.14. The number of nitrogens with two attached hydrogens (primary N) is 1. The zero-order valence-corrected chi connectivity index (χ0v) is 10.8. The molecule has 96 valence electrons. The molecule has 0 aliphatic heterocycles. The Hall–Kier alpha value is -1.33. The highest BCUT2D eigenvalue weighted by Crippen LogP contribution is 2.16. The fourth-order valence-electron chi connectivity index (χ4n) is 1.78. The third-order valence-electron chi connectivity index (χ3n) is 2.63. The Balaban J connectivity index is 2.05. The van der Waals surface area contributed by atoms with Crippen LogP contribution in [0.1, 0.15) is 16.3 Å². The van der Waals surface area contributed by atoms with E-state index in [1.54, 1.807) is 0 Å². The standard InChI is InChI=1S/C13H14F2N2S/c1-8-7-18-13(17-8)6-9(16)5-10-11(14)3-2-4-12(10)15/h2-4,7,9H,5-6,16H2,1H3. The number of halogens is 2. The lowest BCUT2D eigenvalue weighted by Gasteiger charge is -2.11. The number of hydrogen-bond donors (Lipinski definition) is 1. The van der Waals surface area contributed by atoms with E-state index in [1.807, 2.05) is 12.3 Å². The minimum Gasteiger partial charge on any atom is -0.327 e. The molecule has 1 aromatic heterocycles. The fraction of sp³-hybridized carbons (Fsp3) is 0.308. The maximum atomic E-state index is 13.4. The normalized spacial score (nSPS) is 12.7. The highest BCUT2D eigenvalue weighted by molar-refractivity contribution is 7.09. The molecule has 1 atom stereocenters. The summed E-state index contributed by atoms with van der Waals surface area (Å²) in [5.41, 5.74) is 6.92. The van der Waals surface area contributed by atoms with Gasteiger partial charge in [-0.3, -0.25) is 0 Å². The molecule has 1 aromatic carbocycles. The van der Waals surface area contributed by atoms with Crippen LogP contribution in [0.25, 0.3) is 0 Å². The first-order valence-electron chi connectivity index (χ1n) is 5.65. The number of thiazole rings is 1. The maximum Gasteiger partial charge on any atom is 0.129 e. The lowest BCUT2D eigenvalue weighted by atomic mass is 10.0. The zero-order valence-electron chi connectivity index (χ0n) is 9.99. The SMILES string of the molecule is Cc1csc(CC(N)Cc2c(F)cccc2F)n1. The van der Waals surface area contributed by atoms with E-state index in [2.05, 4.69) is 4.98 Å². The number of hydrogen-bond acceptors (Lipinski definition) is 3. The van der Waals surface area contributed by atoms with Crippen molar-refractivity contribution in [3.63, 3.8) is 0 Å². The van der Waals surface area contributed by atoms with Gasteiger partial charge in [-0.05, 0) is 25.5 Å². The summed E-state index contributed by atoms with van der Waals surface area (Å²) in [6.45, 7) is 1.90. The van der Waals surface area contributed by atoms with Gasteiger partial charge in [-0.2, -0.15) is 0 Å². The molecule has 2 N–H and O–H groups in total. The Bertz CT molecular complexity index is 519. The summed E-state index contributed by atoms with van der Waals surface area (Å²) in [7, 11) is 0. The lowest BCUT2D eigenvalue weighted by molar-refractivity contribution is 0.533. The molecule has 0 spiro atoms. The van der Waals surface area contributed by atoms with Gasteiger partial charge >= 0.3 is 0 Å². The van der Waals surface area contributed by atoms with Gasteiger partial charge in [0.25, 0.3) is 0 Å². The molecule has 0 saturated heterocycles. The van der Waals surface area contributed by atoms with Crippen LogP contribution < -0.4 is 5.73 Å². The van der Waals surface area contributed by atoms with Crippen LogP contribution in [-0.2, 0) is 12.8 Å². The van der Waals surface area contributed by atoms with Crippen LogP contribution in [-0.4, -0.2) is 11.0 Å². The Morgan fingerprint density at radius 1 is 1.28 bits per heavy atom. The van der Waals surface area contributed by atoms with Gasteiger partial charge in [-0.25, -0.2) is 13.8 Å². The molecule has 1 heterocycles. The maximum absolute atomic E-state index is 13.4. The number of rotatable bonds is 4. The van der Waals surface area contributed by atoms with Crippen LogP contribution >= 0.6 is 11.3 Å². The number of benzene rings is 1. The number of aryl methyl sites for hydroxylation is 1. The van der Waals surface area contributed by atoms with Gasteiger partial charge in [-0.15, -0.1) is 11.3 Å². The topological polar surface area (TPSA) is 38.9 Å². The van der Waals surface area contributed by atoms with E-state index in [1.165, 1.54) is 29.5 Å². The Labute approximate surface area is 108 Å². The van der Waals surface area contributed by atoms with E-state index in [-0.39, 0.29) is 18.0 Å². The van der Waals surface area contributed by atoms with E-state index in [4.69, 9.17) is 5.73 Å². The van der Waals surface area contributed by atoms with Gasteiger partial charge in [0.2, 0.25) is 0 Å². The van der Waals surface area contributed by atoms with Gasteiger partial charge in [0.15, 0.2) is 0 Å². The van der Waals surface area contributed by atoms with Crippen molar-refractivity contribution in [2.24, 2.45) is 5.73 Å². The first-order valence-corrected chi connectivity index (χ1v) is 6.53. The average Bonchev–Trinajstić information content (AvgIpc) is 2.69. The molecule has 1 unspecified atom stereocenters. The van der Waals surface area contributed by atoms with E-state index in [9.17, 15) is 8.78 Å². The summed E-state index contributed by atoms with van der Waals surface area (Å²) < 4.78 is 26.9. The van der Waals surface area contributed by atoms with Crippen LogP contribution in [0, 0.1) is 18.6 Å². The van der Waals surface area contributed by atoms with Crippen molar-refractivity contribution >= 4 is 11.3 Å². The number of aromatic nitrogens is 1. The minimum absolute atomic E-state index is 0.0540. The predicted molar refractivity (Wildman–Crippen MR) is 68.6 cm³/mol. The zero-order chi connectivity index (χ0) is 13.1. The molecule has 0 fully saturated rings. The summed E-state index contributed by atoms with van der Waals surface area (Å²) in [4.78, 5) is 4.29. The largest absolute Gasteiger partial charge is 0.327 e. The molecule has 0 aliphatic carbocycles. The van der Waals surface area contributed by atoms with Gasteiger partial charge < -0.3 is 5.73 Å². The molecule has 18 heavy (non-hydrogen) atoms. The van der Waals surface area contributed by atoms with Crippen LogP contribution in [0.2, 0.25) is 0 Å². The van der Waals surface area contributed by atoms with Crippen molar-refractivity contribution in [2.45, 2.75) is 25.8 Å². The predicted octanol–water partition coefficient (Wildman–Crippen LogP) is 2.84. The summed E-state index contributed by atoms with van der Waals surface area (Å²) in [5.74, 6) is -1.08. The average molecular weight is 268 g/mol. The molecule has 2 aromatic rings. The van der Waals surface area contributed by atoms with Crippen molar-refractivity contribution in [3.8, 4) is 0 Å². The van der Waals surface area contributed by atoms with Crippen LogP contribution in [0.4, 0.5) is 8.78 Å². The van der Waals surface area contributed by atoms with Crippen LogP contribution in [0.5, 0.6) is 0 Å². The van der Waals surface area contributed by atoms with Gasteiger partial charge in [0.1, 0.15) is 11.6 Å². The van der Waals surface area contributed by atoms with Crippen molar-refractivity contribution in [3.05, 3.63) is 51.5 Å². The van der Waals surface area contributed by atoms with E-state index >= 15 is 0 Å². The molecule has 2 rings (SSSR count). The van der Waals surface area contributed by atoms with Crippen molar-refractivity contribution in [1.29, 1.82) is 0 Å². The van der Waals surface area contributed by atoms with Crippen LogP contribution in [0.15, 0.2) is 23.6 Å². The van der Waals surface area contributed by atoms with Gasteiger partial charge in [-0.1, -0.05) is 6.07 Å². The molecule has 0 radical (unpaired) electrons. The minimum atomic E-state index is -0.541. The molecule has 0 amide bonds. The second kappa shape index (κ2) is 5.54. The second-order valence-corrected chi connectivity index (χ2v) is 5.19. The lowest BCUT2D eigenvalue weighted by Crippen LogP contribution is -2.26. The molecule has 0 aliphatic rings. The van der Waals surface area contributed by atoms with Crippen molar-refractivity contribution in [1.82, 2.24) is 4.98 Å². The highest BCUT2D eigenvalue weighted by atomic mass is 32.1. The Morgan fingerprint density at radius 3 is 2.50 bits per heavy atom. The van der Waals surface area contributed by atoms with Gasteiger partial charge in [0.05, 0.1) is 5.01 Å². The first-order chi connectivity index (χ1) is 8.56. The van der Waals surface area contributed by atoms with Crippen molar-refractivity contribution < 1.29 is 8.78 Å². The van der Waals surface area contributed by atoms with E-state index < -0.39 is 11.6 Å². The smallest absolute Gasteiger partial charge is 0.129 e. The Kier molecular flexibility index (Phi) is 4.04. The van der Waals surface area contributed by atoms with E-state index in [0.717, 1.165) is 10.7 Å². The van der Waals surface area contributed by atoms with Crippen LogP contribution in [0.3, 0.4) is 0 Å². The third kappa shape index (κ3) is 3.11. The fourth-order valence-corrected chi connectivity index (χ4v) is 2.65. The molecule has 0 bridgehead atoms. The van der Waals surface area contributed by atoms with Gasteiger partial charge in [0, 0.05) is 29.1 Å².